The summed E-state index contributed by atoms with van der Waals surface area (Å²) in [5, 5.41) is 4.81. The first-order valence-corrected chi connectivity index (χ1v) is 5.56. The highest BCUT2D eigenvalue weighted by Crippen LogP contribution is 2.05. The Kier molecular flexibility index (Phi) is 3.00. The van der Waals surface area contributed by atoms with Gasteiger partial charge in [0.25, 0.3) is 10.0 Å². The van der Waals surface area contributed by atoms with E-state index >= 15 is 0 Å². The average molecular weight is 200 g/mol. The molecule has 0 spiro atoms. The van der Waals surface area contributed by atoms with E-state index in [1.165, 1.54) is 6.07 Å². The normalized spacial score (nSPS) is 11.5. The van der Waals surface area contributed by atoms with Crippen molar-refractivity contribution in [3.8, 4) is 0 Å². The summed E-state index contributed by atoms with van der Waals surface area (Å²) in [6.07, 6.45) is 3.46. The van der Waals surface area contributed by atoms with Crippen LogP contribution < -0.4 is 5.14 Å². The van der Waals surface area contributed by atoms with E-state index in [9.17, 15) is 8.42 Å². The van der Waals surface area contributed by atoms with E-state index < -0.39 is 10.0 Å². The Morgan fingerprint density at radius 3 is 2.54 bits per heavy atom. The molecule has 0 atom stereocenters. The third-order valence-corrected chi connectivity index (χ3v) is 2.45. The molecule has 1 aromatic heterocycles. The Morgan fingerprint density at radius 1 is 1.46 bits per heavy atom. The van der Waals surface area contributed by atoms with Gasteiger partial charge in [-0.1, -0.05) is 19.4 Å². The number of nitrogens with two attached hydrogens (primary N) is 1. The lowest BCUT2D eigenvalue weighted by molar-refractivity contribution is 0.594. The SMILES string of the molecule is CCCc1ccc(S(N)(=O)=O)nc1. The number of primary sulfonamides is 1. The van der Waals surface area contributed by atoms with Crippen LogP contribution in [-0.2, 0) is 16.4 Å². The summed E-state index contributed by atoms with van der Waals surface area (Å²) in [7, 11) is -3.65. The molecule has 0 saturated carbocycles. The summed E-state index contributed by atoms with van der Waals surface area (Å²) in [6, 6.07) is 3.16. The highest BCUT2D eigenvalue weighted by Gasteiger charge is 2.07. The molecule has 1 aromatic rings. The summed E-state index contributed by atoms with van der Waals surface area (Å²) in [5.74, 6) is 0. The molecule has 0 bridgehead atoms. The molecule has 0 fully saturated rings. The van der Waals surface area contributed by atoms with Crippen molar-refractivity contribution in [1.82, 2.24) is 4.98 Å². The zero-order valence-electron chi connectivity index (χ0n) is 7.40. The molecule has 0 aliphatic rings. The largest absolute Gasteiger partial charge is 0.255 e. The Labute approximate surface area is 77.8 Å². The number of rotatable bonds is 3. The number of nitrogens with zero attached hydrogens (tertiary/aromatic N) is 1. The van der Waals surface area contributed by atoms with Gasteiger partial charge < -0.3 is 0 Å². The average Bonchev–Trinajstić information content (AvgIpc) is 2.04. The molecular formula is C8H12N2O2S. The molecule has 1 rings (SSSR count). The molecular weight excluding hydrogens is 188 g/mol. The number of hydrogen-bond acceptors (Lipinski definition) is 3. The molecule has 0 aromatic carbocycles. The van der Waals surface area contributed by atoms with Crippen LogP contribution in [0.1, 0.15) is 18.9 Å². The monoisotopic (exact) mass is 200 g/mol. The van der Waals surface area contributed by atoms with Crippen LogP contribution in [0.25, 0.3) is 0 Å². The number of aromatic nitrogens is 1. The van der Waals surface area contributed by atoms with Gasteiger partial charge in [-0.25, -0.2) is 18.5 Å². The van der Waals surface area contributed by atoms with Crippen LogP contribution >= 0.6 is 0 Å². The van der Waals surface area contributed by atoms with E-state index in [-0.39, 0.29) is 5.03 Å². The van der Waals surface area contributed by atoms with Gasteiger partial charge in [0, 0.05) is 6.20 Å². The standard InChI is InChI=1S/C8H12N2O2S/c1-2-3-7-4-5-8(10-6-7)13(9,11)12/h4-6H,2-3H2,1H3,(H2,9,11,12). The molecule has 72 valence electrons. The van der Waals surface area contributed by atoms with Crippen molar-refractivity contribution in [2.24, 2.45) is 5.14 Å². The molecule has 0 aliphatic heterocycles. The van der Waals surface area contributed by atoms with Crippen molar-refractivity contribution in [2.45, 2.75) is 24.8 Å². The van der Waals surface area contributed by atoms with E-state index in [4.69, 9.17) is 5.14 Å². The van der Waals surface area contributed by atoms with Gasteiger partial charge in [-0.2, -0.15) is 0 Å². The maximum absolute atomic E-state index is 10.8. The molecule has 0 aliphatic carbocycles. The van der Waals surface area contributed by atoms with Crippen molar-refractivity contribution in [3.05, 3.63) is 23.9 Å². The first-order chi connectivity index (χ1) is 6.04. The molecule has 13 heavy (non-hydrogen) atoms. The highest BCUT2D eigenvalue weighted by molar-refractivity contribution is 7.89. The predicted octanol–water partition coefficient (Wildman–Crippen LogP) is 0.682. The second kappa shape index (κ2) is 3.85. The van der Waals surface area contributed by atoms with Crippen molar-refractivity contribution >= 4 is 10.0 Å². The lowest BCUT2D eigenvalue weighted by atomic mass is 10.2. The predicted molar refractivity (Wildman–Crippen MR) is 49.6 cm³/mol. The number of aryl methyl sites for hydroxylation is 1. The van der Waals surface area contributed by atoms with Crippen LogP contribution in [0.4, 0.5) is 0 Å². The zero-order valence-corrected chi connectivity index (χ0v) is 8.21. The second-order valence-corrected chi connectivity index (χ2v) is 4.31. The Balaban J connectivity index is 2.94. The molecule has 0 unspecified atom stereocenters. The van der Waals surface area contributed by atoms with E-state index in [2.05, 4.69) is 4.98 Å². The minimum Gasteiger partial charge on any atom is -0.243 e. The summed E-state index contributed by atoms with van der Waals surface area (Å²) >= 11 is 0. The zero-order chi connectivity index (χ0) is 9.90. The smallest absolute Gasteiger partial charge is 0.243 e. The molecule has 1 heterocycles. The van der Waals surface area contributed by atoms with Gasteiger partial charge in [-0.15, -0.1) is 0 Å². The van der Waals surface area contributed by atoms with Crippen LogP contribution in [0.5, 0.6) is 0 Å². The fraction of sp³-hybridized carbons (Fsp3) is 0.375. The molecule has 0 amide bonds. The first-order valence-electron chi connectivity index (χ1n) is 4.01. The summed E-state index contributed by atoms with van der Waals surface area (Å²) in [5.41, 5.74) is 1.02. The first kappa shape index (κ1) is 10.1. The van der Waals surface area contributed by atoms with Gasteiger partial charge in [0.1, 0.15) is 0 Å². The van der Waals surface area contributed by atoms with Gasteiger partial charge in [0.2, 0.25) is 0 Å². The van der Waals surface area contributed by atoms with E-state index in [1.54, 1.807) is 12.3 Å². The molecule has 4 nitrogen and oxygen atoms in total. The van der Waals surface area contributed by atoms with Crippen molar-refractivity contribution in [1.29, 1.82) is 0 Å². The van der Waals surface area contributed by atoms with Gasteiger partial charge in [-0.3, -0.25) is 0 Å². The number of hydrogen-bond donors (Lipinski definition) is 1. The van der Waals surface area contributed by atoms with Gasteiger partial charge >= 0.3 is 0 Å². The van der Waals surface area contributed by atoms with Crippen LogP contribution in [0.15, 0.2) is 23.4 Å². The van der Waals surface area contributed by atoms with Crippen LogP contribution in [0.3, 0.4) is 0 Å². The molecule has 0 radical (unpaired) electrons. The fourth-order valence-corrected chi connectivity index (χ4v) is 1.47. The van der Waals surface area contributed by atoms with Crippen LogP contribution in [0.2, 0.25) is 0 Å². The lowest BCUT2D eigenvalue weighted by Crippen LogP contribution is -2.13. The highest BCUT2D eigenvalue weighted by atomic mass is 32.2. The van der Waals surface area contributed by atoms with Crippen molar-refractivity contribution in [3.63, 3.8) is 0 Å². The second-order valence-electron chi connectivity index (χ2n) is 2.80. The quantitative estimate of drug-likeness (QED) is 0.779. The van der Waals surface area contributed by atoms with E-state index in [0.29, 0.717) is 0 Å². The molecule has 0 saturated heterocycles. The molecule has 2 N–H and O–H groups in total. The Bertz CT molecular complexity index is 370. The van der Waals surface area contributed by atoms with Crippen molar-refractivity contribution < 1.29 is 8.42 Å². The summed E-state index contributed by atoms with van der Waals surface area (Å²) < 4.78 is 21.6. The molecule has 5 heteroatoms. The Morgan fingerprint density at radius 2 is 2.15 bits per heavy atom. The third kappa shape index (κ3) is 2.78. The maximum Gasteiger partial charge on any atom is 0.255 e. The number of sulfonamides is 1. The maximum atomic E-state index is 10.8. The Hall–Kier alpha value is -0.940. The summed E-state index contributed by atoms with van der Waals surface area (Å²) in [4.78, 5) is 3.76. The minimum absolute atomic E-state index is 0.0765. The van der Waals surface area contributed by atoms with Crippen molar-refractivity contribution in [2.75, 3.05) is 0 Å². The third-order valence-electron chi connectivity index (χ3n) is 1.63. The number of pyridine rings is 1. The van der Waals surface area contributed by atoms with Gasteiger partial charge in [0.15, 0.2) is 5.03 Å². The van der Waals surface area contributed by atoms with E-state index in [0.717, 1.165) is 18.4 Å². The van der Waals surface area contributed by atoms with Gasteiger partial charge in [0.05, 0.1) is 0 Å². The topological polar surface area (TPSA) is 73.1 Å². The minimum atomic E-state index is -3.65. The summed E-state index contributed by atoms with van der Waals surface area (Å²) in [6.45, 7) is 2.05. The lowest BCUT2D eigenvalue weighted by Gasteiger charge is -1.99. The van der Waals surface area contributed by atoms with Crippen LogP contribution in [-0.4, -0.2) is 13.4 Å². The van der Waals surface area contributed by atoms with E-state index in [1.807, 2.05) is 6.92 Å². The van der Waals surface area contributed by atoms with Crippen LogP contribution in [0, 0.1) is 0 Å². The van der Waals surface area contributed by atoms with Gasteiger partial charge in [-0.05, 0) is 18.1 Å². The fourth-order valence-electron chi connectivity index (χ4n) is 1.02.